The van der Waals surface area contributed by atoms with E-state index in [1.807, 2.05) is 12.1 Å². The van der Waals surface area contributed by atoms with E-state index in [2.05, 4.69) is 17.4 Å². The number of carboxylic acid groups (broad SMARTS) is 1. The molecule has 1 aromatic heterocycles. The molecule has 1 aliphatic rings. The van der Waals surface area contributed by atoms with Gasteiger partial charge in [0.05, 0.1) is 4.88 Å². The molecular formula is C20H21NO4S. The molecule has 2 aromatic rings. The van der Waals surface area contributed by atoms with Crippen molar-refractivity contribution in [2.24, 2.45) is 0 Å². The van der Waals surface area contributed by atoms with Crippen LogP contribution in [0.15, 0.2) is 35.7 Å². The number of carbonyl (C=O) groups excluding carboxylic acids is 2. The minimum Gasteiger partial charge on any atom is -0.480 e. The average Bonchev–Trinajstić information content (AvgIpc) is 3.12. The van der Waals surface area contributed by atoms with Crippen molar-refractivity contribution < 1.29 is 19.5 Å². The lowest BCUT2D eigenvalue weighted by Crippen LogP contribution is -2.41. The molecule has 26 heavy (non-hydrogen) atoms. The quantitative estimate of drug-likeness (QED) is 0.759. The minimum atomic E-state index is -1.04. The largest absolute Gasteiger partial charge is 0.480 e. The zero-order chi connectivity index (χ0) is 18.7. The van der Waals surface area contributed by atoms with Gasteiger partial charge >= 0.3 is 5.97 Å². The molecular weight excluding hydrogens is 350 g/mol. The number of aryl methyl sites for hydroxylation is 1. The number of fused-ring (bicyclic) bond motifs is 1. The molecule has 5 nitrogen and oxygen atoms in total. The molecule has 0 bridgehead atoms. The van der Waals surface area contributed by atoms with Crippen molar-refractivity contribution in [3.8, 4) is 0 Å². The van der Waals surface area contributed by atoms with Crippen LogP contribution in [0.4, 0.5) is 0 Å². The predicted octanol–water partition coefficient (Wildman–Crippen LogP) is 3.64. The normalized spacial score (nSPS) is 17.2. The molecule has 0 saturated heterocycles. The number of carbonyl (C=O) groups is 3. The summed E-state index contributed by atoms with van der Waals surface area (Å²) in [5, 5.41) is 13.8. The van der Waals surface area contributed by atoms with Gasteiger partial charge in [-0.15, -0.1) is 11.3 Å². The summed E-state index contributed by atoms with van der Waals surface area (Å²) < 4.78 is 0. The Kier molecular flexibility index (Phi) is 5.52. The van der Waals surface area contributed by atoms with Gasteiger partial charge in [-0.3, -0.25) is 9.59 Å². The van der Waals surface area contributed by atoms with Gasteiger partial charge in [-0.1, -0.05) is 24.3 Å². The predicted molar refractivity (Wildman–Crippen MR) is 100.0 cm³/mol. The Hall–Kier alpha value is -2.47. The van der Waals surface area contributed by atoms with E-state index < -0.39 is 17.9 Å². The van der Waals surface area contributed by atoms with Crippen molar-refractivity contribution in [1.29, 1.82) is 0 Å². The van der Waals surface area contributed by atoms with E-state index in [1.54, 1.807) is 5.38 Å². The number of nitrogens with one attached hydrogen (secondary N) is 1. The van der Waals surface area contributed by atoms with E-state index in [-0.39, 0.29) is 11.7 Å². The third kappa shape index (κ3) is 4.02. The van der Waals surface area contributed by atoms with Gasteiger partial charge in [0, 0.05) is 10.9 Å². The summed E-state index contributed by atoms with van der Waals surface area (Å²) in [5.41, 5.74) is 2.92. The molecule has 0 saturated carbocycles. The first kappa shape index (κ1) is 18.3. The molecule has 0 fully saturated rings. The Morgan fingerprint density at radius 3 is 2.77 bits per heavy atom. The van der Waals surface area contributed by atoms with Crippen molar-refractivity contribution in [1.82, 2.24) is 5.32 Å². The van der Waals surface area contributed by atoms with Crippen LogP contribution in [0.2, 0.25) is 0 Å². The van der Waals surface area contributed by atoms with Gasteiger partial charge in [-0.25, -0.2) is 4.79 Å². The maximum atomic E-state index is 12.4. The lowest BCUT2D eigenvalue weighted by Gasteiger charge is -2.28. The van der Waals surface area contributed by atoms with Crippen molar-refractivity contribution in [2.75, 3.05) is 0 Å². The van der Waals surface area contributed by atoms with Crippen molar-refractivity contribution in [3.05, 3.63) is 57.3 Å². The first-order valence-electron chi connectivity index (χ1n) is 8.66. The Morgan fingerprint density at radius 2 is 2.08 bits per heavy atom. The van der Waals surface area contributed by atoms with Crippen LogP contribution in [-0.4, -0.2) is 28.8 Å². The molecule has 1 aromatic carbocycles. The van der Waals surface area contributed by atoms with Crippen LogP contribution >= 0.6 is 11.3 Å². The summed E-state index contributed by atoms with van der Waals surface area (Å²) in [5.74, 6) is -1.48. The third-order valence-electron chi connectivity index (χ3n) is 4.85. The minimum absolute atomic E-state index is 0.117. The van der Waals surface area contributed by atoms with E-state index in [0.29, 0.717) is 16.9 Å². The van der Waals surface area contributed by atoms with Crippen LogP contribution in [0.1, 0.15) is 63.3 Å². The van der Waals surface area contributed by atoms with Gasteiger partial charge in [0.25, 0.3) is 5.91 Å². The molecule has 0 aliphatic heterocycles. The highest BCUT2D eigenvalue weighted by Gasteiger charge is 2.28. The molecule has 2 unspecified atom stereocenters. The van der Waals surface area contributed by atoms with Crippen LogP contribution in [0.5, 0.6) is 0 Å². The summed E-state index contributed by atoms with van der Waals surface area (Å²) >= 11 is 1.15. The first-order valence-corrected chi connectivity index (χ1v) is 9.54. The second-order valence-electron chi connectivity index (χ2n) is 6.64. The number of carboxylic acids is 1. The van der Waals surface area contributed by atoms with Crippen LogP contribution in [0.3, 0.4) is 0 Å². The number of benzene rings is 1. The zero-order valence-corrected chi connectivity index (χ0v) is 15.3. The first-order chi connectivity index (χ1) is 12.5. The molecule has 2 N–H and O–H groups in total. The van der Waals surface area contributed by atoms with Gasteiger partial charge in [0.2, 0.25) is 0 Å². The van der Waals surface area contributed by atoms with Crippen LogP contribution in [-0.2, 0) is 11.2 Å². The molecule has 0 spiro atoms. The summed E-state index contributed by atoms with van der Waals surface area (Å²) in [6.07, 6.45) is 3.32. The smallest absolute Gasteiger partial charge is 0.326 e. The number of hydrogen-bond donors (Lipinski definition) is 2. The number of amides is 1. The molecule has 1 amide bonds. The van der Waals surface area contributed by atoms with E-state index in [9.17, 15) is 19.5 Å². The highest BCUT2D eigenvalue weighted by molar-refractivity contribution is 7.12. The fraction of sp³-hybridized carbons (Fsp3) is 0.350. The highest BCUT2D eigenvalue weighted by Crippen LogP contribution is 2.34. The van der Waals surface area contributed by atoms with Crippen molar-refractivity contribution in [2.45, 2.75) is 44.6 Å². The summed E-state index contributed by atoms with van der Waals surface area (Å²) in [4.78, 5) is 35.8. The number of hydrogen-bond acceptors (Lipinski definition) is 4. The van der Waals surface area contributed by atoms with Gasteiger partial charge in [0.15, 0.2) is 5.78 Å². The topological polar surface area (TPSA) is 83.5 Å². The van der Waals surface area contributed by atoms with Crippen LogP contribution in [0, 0.1) is 0 Å². The van der Waals surface area contributed by atoms with Crippen molar-refractivity contribution >= 4 is 29.0 Å². The number of rotatable bonds is 6. The molecule has 3 rings (SSSR count). The maximum absolute atomic E-state index is 12.4. The third-order valence-corrected chi connectivity index (χ3v) is 5.78. The average molecular weight is 371 g/mol. The van der Waals surface area contributed by atoms with Gasteiger partial charge < -0.3 is 10.4 Å². The van der Waals surface area contributed by atoms with Gasteiger partial charge in [-0.2, -0.15) is 0 Å². The van der Waals surface area contributed by atoms with Gasteiger partial charge in [-0.05, 0) is 55.7 Å². The number of thiophene rings is 1. The lowest BCUT2D eigenvalue weighted by molar-refractivity contribution is -0.139. The van der Waals surface area contributed by atoms with Crippen molar-refractivity contribution in [3.63, 3.8) is 0 Å². The standard InChI is InChI=1S/C20H21NO4S/c1-12(22)15-10-18(26-11-15)19(23)21-17(20(24)25)9-14-7-4-6-13-5-2-3-8-16(13)14/h2-3,5,8,10-11,14,17H,4,6-7,9H2,1H3,(H,21,23)(H,24,25). The molecule has 136 valence electrons. The maximum Gasteiger partial charge on any atom is 0.326 e. The van der Waals surface area contributed by atoms with Gasteiger partial charge in [0.1, 0.15) is 6.04 Å². The monoisotopic (exact) mass is 371 g/mol. The zero-order valence-electron chi connectivity index (χ0n) is 14.5. The molecule has 1 aliphatic carbocycles. The fourth-order valence-corrected chi connectivity index (χ4v) is 4.32. The number of ketones is 1. The SMILES string of the molecule is CC(=O)c1csc(C(=O)NC(CC2CCCc3ccccc32)C(=O)O)c1. The second-order valence-corrected chi connectivity index (χ2v) is 7.56. The molecule has 2 atom stereocenters. The Bertz CT molecular complexity index is 842. The Balaban J connectivity index is 1.73. The van der Waals surface area contributed by atoms with E-state index >= 15 is 0 Å². The summed E-state index contributed by atoms with van der Waals surface area (Å²) in [7, 11) is 0. The Labute approximate surface area is 156 Å². The van der Waals surface area contributed by atoms with Crippen LogP contribution < -0.4 is 5.32 Å². The molecule has 6 heteroatoms. The number of Topliss-reactive ketones (excluding diaryl/α,β-unsaturated/α-hetero) is 1. The second kappa shape index (κ2) is 7.83. The molecule has 1 heterocycles. The van der Waals surface area contributed by atoms with E-state index in [1.165, 1.54) is 24.1 Å². The number of aliphatic carboxylic acids is 1. The van der Waals surface area contributed by atoms with E-state index in [0.717, 1.165) is 30.6 Å². The summed E-state index contributed by atoms with van der Waals surface area (Å²) in [6, 6.07) is 8.67. The van der Waals surface area contributed by atoms with Crippen LogP contribution in [0.25, 0.3) is 0 Å². The molecule has 0 radical (unpaired) electrons. The lowest BCUT2D eigenvalue weighted by atomic mass is 9.79. The Morgan fingerprint density at radius 1 is 1.31 bits per heavy atom. The highest BCUT2D eigenvalue weighted by atomic mass is 32.1. The van der Waals surface area contributed by atoms with E-state index in [4.69, 9.17) is 0 Å². The fourth-order valence-electron chi connectivity index (χ4n) is 3.47. The summed E-state index contributed by atoms with van der Waals surface area (Å²) in [6.45, 7) is 1.43.